The monoisotopic (exact) mass is 209 g/mol. The number of rotatable bonds is 5. The minimum atomic E-state index is 0.555. The molecule has 0 saturated carbocycles. The highest BCUT2D eigenvalue weighted by atomic mass is 15.2. The summed E-state index contributed by atoms with van der Waals surface area (Å²) in [5, 5.41) is 3.14. The minimum absolute atomic E-state index is 0.555. The van der Waals surface area contributed by atoms with Gasteiger partial charge in [0.05, 0.1) is 18.1 Å². The smallest absolute Gasteiger partial charge is 0.222 e. The normalized spacial score (nSPS) is 11.0. The van der Waals surface area contributed by atoms with E-state index < -0.39 is 0 Å². The van der Waals surface area contributed by atoms with E-state index in [4.69, 9.17) is 5.73 Å². The zero-order valence-corrected chi connectivity index (χ0v) is 9.57. The highest BCUT2D eigenvalue weighted by Gasteiger charge is 2.02. The number of nitrogens with two attached hydrogens (primary N) is 1. The first-order valence-electron chi connectivity index (χ1n) is 5.11. The first-order valence-corrected chi connectivity index (χ1v) is 5.11. The van der Waals surface area contributed by atoms with E-state index in [2.05, 4.69) is 41.1 Å². The molecule has 1 heterocycles. The summed E-state index contributed by atoms with van der Waals surface area (Å²) in [7, 11) is 2.09. The summed E-state index contributed by atoms with van der Waals surface area (Å²) in [5.41, 5.74) is 6.07. The Kier molecular flexibility index (Phi) is 4.30. The molecule has 15 heavy (non-hydrogen) atoms. The van der Waals surface area contributed by atoms with Crippen LogP contribution in [-0.4, -0.2) is 41.0 Å². The number of hydrogen-bond donors (Lipinski definition) is 2. The molecular weight excluding hydrogens is 190 g/mol. The van der Waals surface area contributed by atoms with Gasteiger partial charge in [0.25, 0.3) is 0 Å². The van der Waals surface area contributed by atoms with E-state index in [1.165, 1.54) is 0 Å². The van der Waals surface area contributed by atoms with Crippen molar-refractivity contribution < 1.29 is 0 Å². The number of nitrogen functional groups attached to an aromatic ring is 1. The average Bonchev–Trinajstić information content (AvgIpc) is 2.20. The van der Waals surface area contributed by atoms with Crippen LogP contribution in [-0.2, 0) is 0 Å². The Morgan fingerprint density at radius 3 is 2.53 bits per heavy atom. The van der Waals surface area contributed by atoms with Gasteiger partial charge in [-0.1, -0.05) is 0 Å². The number of hydrogen-bond acceptors (Lipinski definition) is 5. The highest BCUT2D eigenvalue weighted by molar-refractivity contribution is 5.35. The standard InChI is InChI=1S/C10H19N5/c1-8(2)15(3)5-4-12-10-13-6-9(11)7-14-10/h6-8H,4-5,11H2,1-3H3,(H,12,13,14). The molecule has 5 nitrogen and oxygen atoms in total. The second-order valence-corrected chi connectivity index (χ2v) is 3.84. The summed E-state index contributed by atoms with van der Waals surface area (Å²) in [4.78, 5) is 10.4. The van der Waals surface area contributed by atoms with Crippen LogP contribution < -0.4 is 11.1 Å². The Morgan fingerprint density at radius 1 is 1.40 bits per heavy atom. The van der Waals surface area contributed by atoms with Gasteiger partial charge in [-0.3, -0.25) is 0 Å². The highest BCUT2D eigenvalue weighted by Crippen LogP contribution is 2.00. The number of anilines is 2. The van der Waals surface area contributed by atoms with Gasteiger partial charge < -0.3 is 16.0 Å². The van der Waals surface area contributed by atoms with Gasteiger partial charge in [0.2, 0.25) is 5.95 Å². The summed E-state index contributed by atoms with van der Waals surface area (Å²) < 4.78 is 0. The van der Waals surface area contributed by atoms with E-state index in [0.717, 1.165) is 13.1 Å². The Hall–Kier alpha value is -1.36. The van der Waals surface area contributed by atoms with Crippen LogP contribution in [0.2, 0.25) is 0 Å². The van der Waals surface area contributed by atoms with Crippen LogP contribution in [0.5, 0.6) is 0 Å². The minimum Gasteiger partial charge on any atom is -0.396 e. The molecule has 0 aromatic carbocycles. The number of nitrogens with one attached hydrogen (secondary N) is 1. The summed E-state index contributed by atoms with van der Waals surface area (Å²) in [6, 6.07) is 0.555. The first kappa shape index (κ1) is 11.7. The van der Waals surface area contributed by atoms with Crippen molar-refractivity contribution in [1.82, 2.24) is 14.9 Å². The quantitative estimate of drug-likeness (QED) is 0.751. The van der Waals surface area contributed by atoms with E-state index in [9.17, 15) is 0 Å². The van der Waals surface area contributed by atoms with Crippen molar-refractivity contribution in [1.29, 1.82) is 0 Å². The molecule has 0 radical (unpaired) electrons. The van der Waals surface area contributed by atoms with Crippen LogP contribution in [0, 0.1) is 0 Å². The topological polar surface area (TPSA) is 67.1 Å². The van der Waals surface area contributed by atoms with Crippen LogP contribution in [0.1, 0.15) is 13.8 Å². The summed E-state index contributed by atoms with van der Waals surface area (Å²) in [5.74, 6) is 0.626. The van der Waals surface area contributed by atoms with Crippen molar-refractivity contribution in [3.63, 3.8) is 0 Å². The Balaban J connectivity index is 2.29. The van der Waals surface area contributed by atoms with Crippen LogP contribution in [0.4, 0.5) is 11.6 Å². The Labute approximate surface area is 90.7 Å². The van der Waals surface area contributed by atoms with Gasteiger partial charge >= 0.3 is 0 Å². The lowest BCUT2D eigenvalue weighted by atomic mass is 10.3. The lowest BCUT2D eigenvalue weighted by molar-refractivity contribution is 0.284. The van der Waals surface area contributed by atoms with Crippen LogP contribution in [0.15, 0.2) is 12.4 Å². The molecule has 0 unspecified atom stereocenters. The lowest BCUT2D eigenvalue weighted by Crippen LogP contribution is -2.31. The fourth-order valence-electron chi connectivity index (χ4n) is 1.03. The molecule has 1 aromatic rings. The SMILES string of the molecule is CC(C)N(C)CCNc1ncc(N)cn1. The molecule has 0 aliphatic heterocycles. The van der Waals surface area contributed by atoms with E-state index in [1.807, 2.05) is 0 Å². The first-order chi connectivity index (χ1) is 7.09. The van der Waals surface area contributed by atoms with Gasteiger partial charge in [0, 0.05) is 19.1 Å². The van der Waals surface area contributed by atoms with Gasteiger partial charge in [0.1, 0.15) is 0 Å². The Bertz CT molecular complexity index is 282. The fraction of sp³-hybridized carbons (Fsp3) is 0.600. The fourth-order valence-corrected chi connectivity index (χ4v) is 1.03. The van der Waals surface area contributed by atoms with Crippen molar-refractivity contribution in [3.05, 3.63) is 12.4 Å². The number of aromatic nitrogens is 2. The van der Waals surface area contributed by atoms with Gasteiger partial charge in [-0.2, -0.15) is 0 Å². The third-order valence-corrected chi connectivity index (χ3v) is 2.30. The molecule has 0 spiro atoms. The van der Waals surface area contributed by atoms with E-state index in [0.29, 0.717) is 17.7 Å². The van der Waals surface area contributed by atoms with Crippen LogP contribution >= 0.6 is 0 Å². The molecule has 0 aliphatic carbocycles. The molecule has 0 atom stereocenters. The molecule has 0 saturated heterocycles. The predicted octanol–water partition coefficient (Wildman–Crippen LogP) is 0.811. The predicted molar refractivity (Wildman–Crippen MR) is 62.7 cm³/mol. The van der Waals surface area contributed by atoms with Gasteiger partial charge in [0.15, 0.2) is 0 Å². The van der Waals surface area contributed by atoms with E-state index in [1.54, 1.807) is 12.4 Å². The molecular formula is C10H19N5. The number of nitrogens with zero attached hydrogens (tertiary/aromatic N) is 3. The van der Waals surface area contributed by atoms with Gasteiger partial charge in [-0.15, -0.1) is 0 Å². The van der Waals surface area contributed by atoms with Crippen molar-refractivity contribution >= 4 is 11.6 Å². The van der Waals surface area contributed by atoms with Gasteiger partial charge in [-0.25, -0.2) is 9.97 Å². The molecule has 3 N–H and O–H groups in total. The zero-order chi connectivity index (χ0) is 11.3. The molecule has 1 aromatic heterocycles. The Morgan fingerprint density at radius 2 is 2.00 bits per heavy atom. The van der Waals surface area contributed by atoms with E-state index in [-0.39, 0.29) is 0 Å². The maximum absolute atomic E-state index is 5.48. The summed E-state index contributed by atoms with van der Waals surface area (Å²) in [6.45, 7) is 6.13. The van der Waals surface area contributed by atoms with Crippen LogP contribution in [0.25, 0.3) is 0 Å². The largest absolute Gasteiger partial charge is 0.396 e. The average molecular weight is 209 g/mol. The molecule has 0 aliphatic rings. The molecule has 1 rings (SSSR count). The summed E-state index contributed by atoms with van der Waals surface area (Å²) in [6.07, 6.45) is 3.20. The maximum atomic E-state index is 5.48. The third-order valence-electron chi connectivity index (χ3n) is 2.30. The second-order valence-electron chi connectivity index (χ2n) is 3.84. The molecule has 84 valence electrons. The van der Waals surface area contributed by atoms with Crippen molar-refractivity contribution in [2.24, 2.45) is 0 Å². The lowest BCUT2D eigenvalue weighted by Gasteiger charge is -2.20. The summed E-state index contributed by atoms with van der Waals surface area (Å²) >= 11 is 0. The number of likely N-dealkylation sites (N-methyl/N-ethyl adjacent to an activating group) is 1. The molecule has 5 heteroatoms. The van der Waals surface area contributed by atoms with Crippen molar-refractivity contribution in [2.45, 2.75) is 19.9 Å². The maximum Gasteiger partial charge on any atom is 0.222 e. The van der Waals surface area contributed by atoms with Crippen molar-refractivity contribution in [2.75, 3.05) is 31.2 Å². The zero-order valence-electron chi connectivity index (χ0n) is 9.57. The second kappa shape index (κ2) is 5.50. The molecule has 0 fully saturated rings. The molecule has 0 amide bonds. The van der Waals surface area contributed by atoms with Crippen molar-refractivity contribution in [3.8, 4) is 0 Å². The molecule has 0 bridgehead atoms. The third kappa shape index (κ3) is 4.12. The van der Waals surface area contributed by atoms with Crippen LogP contribution in [0.3, 0.4) is 0 Å². The van der Waals surface area contributed by atoms with E-state index >= 15 is 0 Å². The van der Waals surface area contributed by atoms with Gasteiger partial charge in [-0.05, 0) is 20.9 Å².